The molecule has 0 saturated carbocycles. The zero-order valence-corrected chi connectivity index (χ0v) is 20.7. The van der Waals surface area contributed by atoms with Crippen LogP contribution < -0.4 is 10.1 Å². The fraction of sp³-hybridized carbons (Fsp3) is 0.440. The van der Waals surface area contributed by atoms with Crippen molar-refractivity contribution >= 4 is 27.7 Å². The Morgan fingerprint density at radius 2 is 1.84 bits per heavy atom. The van der Waals surface area contributed by atoms with Gasteiger partial charge in [-0.15, -0.1) is 0 Å². The first-order valence-electron chi connectivity index (χ1n) is 10.7. The van der Waals surface area contributed by atoms with E-state index in [0.717, 1.165) is 22.0 Å². The van der Waals surface area contributed by atoms with E-state index < -0.39 is 6.04 Å². The summed E-state index contributed by atoms with van der Waals surface area (Å²) < 4.78 is 6.61. The van der Waals surface area contributed by atoms with E-state index in [0.29, 0.717) is 24.8 Å². The summed E-state index contributed by atoms with van der Waals surface area (Å²) in [6.07, 6.45) is 0.922. The molecule has 5 nitrogen and oxygen atoms in total. The number of benzene rings is 2. The van der Waals surface area contributed by atoms with Crippen LogP contribution in [0.2, 0.25) is 0 Å². The molecule has 0 heterocycles. The SMILES string of the molecule is CCc1ccc(OCC(=O)N(Cc2cccc(C)c2)C(C)C(=O)NCC(C)C)c(Br)c1. The Balaban J connectivity index is 2.15. The second-order valence-corrected chi connectivity index (χ2v) is 9.09. The standard InChI is InChI=1S/C25H33BrN2O3/c1-6-20-10-11-23(22(26)13-20)31-16-24(29)28(15-21-9-7-8-18(4)12-21)19(5)25(30)27-14-17(2)3/h7-13,17,19H,6,14-16H2,1-5H3,(H,27,30). The van der Waals surface area contributed by atoms with Crippen LogP contribution in [0.25, 0.3) is 0 Å². The number of amides is 2. The molecule has 2 aromatic rings. The highest BCUT2D eigenvalue weighted by Crippen LogP contribution is 2.26. The van der Waals surface area contributed by atoms with Gasteiger partial charge in [-0.2, -0.15) is 0 Å². The topological polar surface area (TPSA) is 58.6 Å². The van der Waals surface area contributed by atoms with Crippen LogP contribution in [0.3, 0.4) is 0 Å². The third-order valence-electron chi connectivity index (χ3n) is 5.04. The number of hydrogen-bond donors (Lipinski definition) is 1. The molecule has 0 aliphatic heterocycles. The van der Waals surface area contributed by atoms with Crippen LogP contribution in [-0.2, 0) is 22.6 Å². The summed E-state index contributed by atoms with van der Waals surface area (Å²) in [4.78, 5) is 27.4. The van der Waals surface area contributed by atoms with Gasteiger partial charge < -0.3 is 15.0 Å². The lowest BCUT2D eigenvalue weighted by Crippen LogP contribution is -2.49. The number of hydrogen-bond acceptors (Lipinski definition) is 3. The van der Waals surface area contributed by atoms with Crippen molar-refractivity contribution in [1.82, 2.24) is 10.2 Å². The highest BCUT2D eigenvalue weighted by molar-refractivity contribution is 9.10. The molecule has 0 aromatic heterocycles. The molecule has 2 aromatic carbocycles. The zero-order chi connectivity index (χ0) is 23.0. The summed E-state index contributed by atoms with van der Waals surface area (Å²) in [5.41, 5.74) is 3.27. The van der Waals surface area contributed by atoms with Crippen LogP contribution in [0.4, 0.5) is 0 Å². The monoisotopic (exact) mass is 488 g/mol. The van der Waals surface area contributed by atoms with E-state index in [9.17, 15) is 9.59 Å². The minimum Gasteiger partial charge on any atom is -0.483 e. The molecule has 1 unspecified atom stereocenters. The van der Waals surface area contributed by atoms with E-state index in [4.69, 9.17) is 4.74 Å². The summed E-state index contributed by atoms with van der Waals surface area (Å²) >= 11 is 3.51. The molecule has 0 spiro atoms. The largest absolute Gasteiger partial charge is 0.483 e. The average molecular weight is 489 g/mol. The number of halogens is 1. The Morgan fingerprint density at radius 1 is 1.10 bits per heavy atom. The predicted octanol–water partition coefficient (Wildman–Crippen LogP) is 4.89. The van der Waals surface area contributed by atoms with Crippen LogP contribution in [0.5, 0.6) is 5.75 Å². The van der Waals surface area contributed by atoms with Gasteiger partial charge in [-0.3, -0.25) is 9.59 Å². The first kappa shape index (κ1) is 24.9. The minimum atomic E-state index is -0.610. The van der Waals surface area contributed by atoms with Gasteiger partial charge in [-0.05, 0) is 65.4 Å². The summed E-state index contributed by atoms with van der Waals surface area (Å²) in [7, 11) is 0. The van der Waals surface area contributed by atoms with Gasteiger partial charge in [0.2, 0.25) is 5.91 Å². The average Bonchev–Trinajstić information content (AvgIpc) is 2.74. The number of carbonyl (C=O) groups is 2. The predicted molar refractivity (Wildman–Crippen MR) is 128 cm³/mol. The Morgan fingerprint density at radius 3 is 2.45 bits per heavy atom. The normalized spacial score (nSPS) is 11.8. The van der Waals surface area contributed by atoms with Gasteiger partial charge in [-0.25, -0.2) is 0 Å². The lowest BCUT2D eigenvalue weighted by molar-refractivity contribution is -0.142. The molecule has 31 heavy (non-hydrogen) atoms. The molecule has 0 saturated heterocycles. The molecule has 2 amide bonds. The van der Waals surface area contributed by atoms with Crippen LogP contribution in [0.1, 0.15) is 44.4 Å². The Labute approximate surface area is 194 Å². The lowest BCUT2D eigenvalue weighted by Gasteiger charge is -2.29. The van der Waals surface area contributed by atoms with Gasteiger partial charge >= 0.3 is 0 Å². The lowest BCUT2D eigenvalue weighted by atomic mass is 10.1. The molecule has 0 fully saturated rings. The maximum absolute atomic E-state index is 13.1. The first-order valence-corrected chi connectivity index (χ1v) is 11.5. The second-order valence-electron chi connectivity index (χ2n) is 8.23. The van der Waals surface area contributed by atoms with E-state index >= 15 is 0 Å². The van der Waals surface area contributed by atoms with Crippen molar-refractivity contribution in [3.05, 3.63) is 63.6 Å². The molecule has 168 valence electrons. The Hall–Kier alpha value is -2.34. The number of ether oxygens (including phenoxy) is 1. The molecule has 1 atom stereocenters. The Kier molecular flexibility index (Phi) is 9.56. The van der Waals surface area contributed by atoms with Crippen LogP contribution in [0.15, 0.2) is 46.9 Å². The van der Waals surface area contributed by atoms with Gasteiger partial charge in [0.1, 0.15) is 11.8 Å². The van der Waals surface area contributed by atoms with Gasteiger partial charge in [-0.1, -0.05) is 56.7 Å². The smallest absolute Gasteiger partial charge is 0.261 e. The maximum Gasteiger partial charge on any atom is 0.261 e. The van der Waals surface area contributed by atoms with Crippen molar-refractivity contribution < 1.29 is 14.3 Å². The van der Waals surface area contributed by atoms with E-state index in [1.54, 1.807) is 11.8 Å². The number of aryl methyl sites for hydroxylation is 2. The van der Waals surface area contributed by atoms with Crippen LogP contribution in [-0.4, -0.2) is 35.9 Å². The molecule has 6 heteroatoms. The fourth-order valence-electron chi connectivity index (χ4n) is 3.15. The second kappa shape index (κ2) is 11.9. The Bertz CT molecular complexity index is 898. The van der Waals surface area contributed by atoms with E-state index in [1.165, 1.54) is 5.56 Å². The van der Waals surface area contributed by atoms with E-state index in [2.05, 4.69) is 28.2 Å². The number of carbonyl (C=O) groups excluding carboxylic acids is 2. The van der Waals surface area contributed by atoms with Crippen molar-refractivity contribution in [3.63, 3.8) is 0 Å². The molecule has 0 radical (unpaired) electrons. The fourth-order valence-corrected chi connectivity index (χ4v) is 3.69. The molecule has 1 N–H and O–H groups in total. The van der Waals surface area contributed by atoms with E-state index in [1.807, 2.05) is 63.2 Å². The summed E-state index contributed by atoms with van der Waals surface area (Å²) in [5, 5.41) is 2.93. The molecular formula is C25H33BrN2O3. The highest BCUT2D eigenvalue weighted by Gasteiger charge is 2.26. The summed E-state index contributed by atoms with van der Waals surface area (Å²) in [5.74, 6) is 0.546. The molecule has 0 aliphatic carbocycles. The van der Waals surface area contributed by atoms with Crippen LogP contribution in [0, 0.1) is 12.8 Å². The molecule has 0 aliphatic rings. The van der Waals surface area contributed by atoms with Crippen molar-refractivity contribution in [2.75, 3.05) is 13.2 Å². The molecular weight excluding hydrogens is 456 g/mol. The summed E-state index contributed by atoms with van der Waals surface area (Å²) in [6, 6.07) is 13.2. The number of nitrogens with zero attached hydrogens (tertiary/aromatic N) is 1. The van der Waals surface area contributed by atoms with Crippen molar-refractivity contribution in [2.45, 2.75) is 53.6 Å². The first-order chi connectivity index (χ1) is 14.7. The van der Waals surface area contributed by atoms with Crippen molar-refractivity contribution in [1.29, 1.82) is 0 Å². The maximum atomic E-state index is 13.1. The van der Waals surface area contributed by atoms with Gasteiger partial charge in [0, 0.05) is 13.1 Å². The molecule has 0 bridgehead atoms. The van der Waals surface area contributed by atoms with Crippen LogP contribution >= 0.6 is 15.9 Å². The zero-order valence-electron chi connectivity index (χ0n) is 19.1. The third-order valence-corrected chi connectivity index (χ3v) is 5.66. The third kappa shape index (κ3) is 7.69. The molecule has 2 rings (SSSR count). The number of rotatable bonds is 10. The van der Waals surface area contributed by atoms with Crippen molar-refractivity contribution in [3.8, 4) is 5.75 Å². The van der Waals surface area contributed by atoms with E-state index in [-0.39, 0.29) is 18.4 Å². The van der Waals surface area contributed by atoms with Gasteiger partial charge in [0.25, 0.3) is 5.91 Å². The highest BCUT2D eigenvalue weighted by atomic mass is 79.9. The number of nitrogens with one attached hydrogen (secondary N) is 1. The summed E-state index contributed by atoms with van der Waals surface area (Å²) in [6.45, 7) is 10.7. The quantitative estimate of drug-likeness (QED) is 0.517. The minimum absolute atomic E-state index is 0.141. The van der Waals surface area contributed by atoms with Gasteiger partial charge in [0.15, 0.2) is 6.61 Å². The van der Waals surface area contributed by atoms with Gasteiger partial charge in [0.05, 0.1) is 4.47 Å². The van der Waals surface area contributed by atoms with Crippen molar-refractivity contribution in [2.24, 2.45) is 5.92 Å².